The summed E-state index contributed by atoms with van der Waals surface area (Å²) in [6.07, 6.45) is -2.22. The molecule has 4 N–H and O–H groups in total. The minimum absolute atomic E-state index is 0.0934. The maximum Gasteiger partial charge on any atom is 0.163 e. The first-order valence-corrected chi connectivity index (χ1v) is 3.91. The van der Waals surface area contributed by atoms with Gasteiger partial charge in [0.05, 0.1) is 18.6 Å². The van der Waals surface area contributed by atoms with Gasteiger partial charge in [0.25, 0.3) is 0 Å². The molecule has 1 saturated heterocycles. The lowest BCUT2D eigenvalue weighted by atomic mass is 9.95. The molecule has 5 nitrogen and oxygen atoms in total. The smallest absolute Gasteiger partial charge is 0.163 e. The van der Waals surface area contributed by atoms with Gasteiger partial charge < -0.3 is 25.4 Å². The highest BCUT2D eigenvalue weighted by atomic mass is 16.7. The second-order valence-corrected chi connectivity index (χ2v) is 2.89. The van der Waals surface area contributed by atoms with Crippen LogP contribution in [0.2, 0.25) is 0 Å². The number of hydrogen-bond donors (Lipinski definition) is 3. The highest BCUT2D eigenvalue weighted by Gasteiger charge is 2.37. The molecule has 1 aliphatic rings. The van der Waals surface area contributed by atoms with Crippen LogP contribution in [0.3, 0.4) is 0 Å². The monoisotopic (exact) mass is 177 g/mol. The molecule has 5 heteroatoms. The molecular formula is C7H15NO4. The lowest BCUT2D eigenvalue weighted by Crippen LogP contribution is -2.52. The van der Waals surface area contributed by atoms with Crippen molar-refractivity contribution in [1.82, 2.24) is 0 Å². The number of nitrogens with two attached hydrogens (primary N) is 1. The Kier molecular flexibility index (Phi) is 3.42. The summed E-state index contributed by atoms with van der Waals surface area (Å²) in [5.74, 6) is -0.348. The molecule has 0 aromatic carbocycles. The van der Waals surface area contributed by atoms with Crippen LogP contribution in [0.25, 0.3) is 0 Å². The second kappa shape index (κ2) is 4.15. The molecular weight excluding hydrogens is 162 g/mol. The van der Waals surface area contributed by atoms with Crippen LogP contribution in [0.15, 0.2) is 0 Å². The third-order valence-corrected chi connectivity index (χ3v) is 2.12. The van der Waals surface area contributed by atoms with Crippen molar-refractivity contribution < 1.29 is 19.7 Å². The Bertz CT molecular complexity index is 141. The summed E-state index contributed by atoms with van der Waals surface area (Å²) in [4.78, 5) is 0. The molecule has 72 valence electrons. The van der Waals surface area contributed by atoms with E-state index in [2.05, 4.69) is 0 Å². The van der Waals surface area contributed by atoms with Crippen molar-refractivity contribution in [3.63, 3.8) is 0 Å². The van der Waals surface area contributed by atoms with Crippen molar-refractivity contribution in [2.24, 2.45) is 11.7 Å². The number of ether oxygens (including phenoxy) is 2. The molecule has 0 unspecified atom stereocenters. The van der Waals surface area contributed by atoms with Crippen molar-refractivity contribution in [1.29, 1.82) is 0 Å². The number of hydrogen-bond acceptors (Lipinski definition) is 5. The van der Waals surface area contributed by atoms with E-state index in [9.17, 15) is 10.2 Å². The van der Waals surface area contributed by atoms with Gasteiger partial charge in [0.2, 0.25) is 0 Å². The third-order valence-electron chi connectivity index (χ3n) is 2.12. The summed E-state index contributed by atoms with van der Waals surface area (Å²) in [6.45, 7) is 0.326. The van der Waals surface area contributed by atoms with E-state index >= 15 is 0 Å². The van der Waals surface area contributed by atoms with Gasteiger partial charge in [-0.25, -0.2) is 0 Å². The average molecular weight is 177 g/mol. The molecule has 0 aromatic heterocycles. The topological polar surface area (TPSA) is 84.9 Å². The molecule has 0 spiro atoms. The maximum atomic E-state index is 9.45. The fourth-order valence-corrected chi connectivity index (χ4v) is 1.36. The molecule has 0 aliphatic carbocycles. The molecule has 1 aliphatic heterocycles. The number of aliphatic hydroxyl groups excluding tert-OH is 2. The summed E-state index contributed by atoms with van der Waals surface area (Å²) in [7, 11) is 1.48. The molecule has 4 atom stereocenters. The molecule has 1 rings (SSSR count). The Morgan fingerprint density at radius 1 is 1.58 bits per heavy atom. The first-order chi connectivity index (χ1) is 5.70. The van der Waals surface area contributed by atoms with Gasteiger partial charge in [-0.1, -0.05) is 0 Å². The zero-order chi connectivity index (χ0) is 9.14. The van der Waals surface area contributed by atoms with Crippen LogP contribution in [0.4, 0.5) is 0 Å². The van der Waals surface area contributed by atoms with Gasteiger partial charge >= 0.3 is 0 Å². The molecule has 1 fully saturated rings. The summed E-state index contributed by atoms with van der Waals surface area (Å²) in [6, 6.07) is 0. The van der Waals surface area contributed by atoms with Gasteiger partial charge in [-0.3, -0.25) is 0 Å². The lowest BCUT2D eigenvalue weighted by Gasteiger charge is -2.36. The Hall–Kier alpha value is -0.200. The van der Waals surface area contributed by atoms with Crippen molar-refractivity contribution in [3.05, 3.63) is 0 Å². The molecule has 0 bridgehead atoms. The van der Waals surface area contributed by atoms with Crippen LogP contribution >= 0.6 is 0 Å². The third kappa shape index (κ3) is 1.75. The van der Waals surface area contributed by atoms with Crippen LogP contribution in [-0.2, 0) is 9.47 Å². The van der Waals surface area contributed by atoms with E-state index in [1.807, 2.05) is 0 Å². The maximum absolute atomic E-state index is 9.45. The molecule has 0 aromatic rings. The number of methoxy groups -OCH3 is 1. The molecule has 0 amide bonds. The van der Waals surface area contributed by atoms with Crippen LogP contribution in [0.1, 0.15) is 0 Å². The largest absolute Gasteiger partial charge is 0.390 e. The van der Waals surface area contributed by atoms with E-state index in [0.717, 1.165) is 0 Å². The molecule has 0 radical (unpaired) electrons. The zero-order valence-corrected chi connectivity index (χ0v) is 7.01. The van der Waals surface area contributed by atoms with Gasteiger partial charge in [-0.2, -0.15) is 0 Å². The number of aliphatic hydroxyl groups is 2. The van der Waals surface area contributed by atoms with Gasteiger partial charge in [0.1, 0.15) is 6.10 Å². The minimum Gasteiger partial charge on any atom is -0.390 e. The van der Waals surface area contributed by atoms with Crippen LogP contribution < -0.4 is 5.73 Å². The summed E-state index contributed by atoms with van der Waals surface area (Å²) >= 11 is 0. The van der Waals surface area contributed by atoms with E-state index in [1.54, 1.807) is 0 Å². The quantitative estimate of drug-likeness (QED) is 0.467. The van der Waals surface area contributed by atoms with E-state index in [0.29, 0.717) is 0 Å². The lowest BCUT2D eigenvalue weighted by molar-refractivity contribution is -0.238. The Morgan fingerprint density at radius 2 is 2.25 bits per heavy atom. The van der Waals surface area contributed by atoms with Gasteiger partial charge in [-0.15, -0.1) is 0 Å². The fourth-order valence-electron chi connectivity index (χ4n) is 1.36. The predicted octanol–water partition coefficient (Wildman–Crippen LogP) is -1.71. The van der Waals surface area contributed by atoms with Gasteiger partial charge in [0, 0.05) is 13.7 Å². The normalized spacial score (nSPS) is 43.0. The SMILES string of the molecule is CO[C@@H]1OC[C@@H](O)[C@H](O)[C@H]1CN. The van der Waals surface area contributed by atoms with Crippen molar-refractivity contribution >= 4 is 0 Å². The molecule has 0 saturated carbocycles. The number of rotatable bonds is 2. The van der Waals surface area contributed by atoms with Gasteiger partial charge in [-0.05, 0) is 0 Å². The summed E-state index contributed by atoms with van der Waals surface area (Å²) in [5.41, 5.74) is 5.39. The average Bonchev–Trinajstić information content (AvgIpc) is 2.09. The van der Waals surface area contributed by atoms with Crippen molar-refractivity contribution in [2.45, 2.75) is 18.5 Å². The highest BCUT2D eigenvalue weighted by molar-refractivity contribution is 4.83. The molecule has 12 heavy (non-hydrogen) atoms. The van der Waals surface area contributed by atoms with Crippen LogP contribution in [0.5, 0.6) is 0 Å². The first kappa shape index (κ1) is 9.88. The zero-order valence-electron chi connectivity index (χ0n) is 7.01. The summed E-state index contributed by atoms with van der Waals surface area (Å²) < 4.78 is 10.0. The van der Waals surface area contributed by atoms with E-state index in [1.165, 1.54) is 7.11 Å². The highest BCUT2D eigenvalue weighted by Crippen LogP contribution is 2.21. The predicted molar refractivity (Wildman–Crippen MR) is 41.3 cm³/mol. The standard InChI is InChI=1S/C7H15NO4/c1-11-7-4(2-8)6(10)5(9)3-12-7/h4-7,9-10H,2-3,8H2,1H3/t4-,5-,6-,7-/m1/s1. The summed E-state index contributed by atoms with van der Waals surface area (Å²) in [5, 5.41) is 18.7. The van der Waals surface area contributed by atoms with Gasteiger partial charge in [0.15, 0.2) is 6.29 Å². The van der Waals surface area contributed by atoms with Crippen LogP contribution in [-0.4, -0.2) is 49.0 Å². The second-order valence-electron chi connectivity index (χ2n) is 2.89. The van der Waals surface area contributed by atoms with Crippen molar-refractivity contribution in [3.8, 4) is 0 Å². The van der Waals surface area contributed by atoms with E-state index in [-0.39, 0.29) is 19.1 Å². The minimum atomic E-state index is -0.857. The Morgan fingerprint density at radius 3 is 2.75 bits per heavy atom. The molecule has 1 heterocycles. The Labute approximate surface area is 71.1 Å². The van der Waals surface area contributed by atoms with Crippen molar-refractivity contribution in [2.75, 3.05) is 20.3 Å². The fraction of sp³-hybridized carbons (Fsp3) is 1.00. The van der Waals surface area contributed by atoms with E-state index < -0.39 is 18.5 Å². The Balaban J connectivity index is 2.58. The van der Waals surface area contributed by atoms with E-state index in [4.69, 9.17) is 15.2 Å². The first-order valence-electron chi connectivity index (χ1n) is 3.91. The van der Waals surface area contributed by atoms with Crippen LogP contribution in [0, 0.1) is 5.92 Å².